The maximum Gasteiger partial charge on any atom is 0.237 e. The van der Waals surface area contributed by atoms with E-state index in [2.05, 4.69) is 26.2 Å². The summed E-state index contributed by atoms with van der Waals surface area (Å²) in [5.41, 5.74) is 1.25. The molecule has 1 saturated heterocycles. The summed E-state index contributed by atoms with van der Waals surface area (Å²) in [4.78, 5) is 30.8. The smallest absolute Gasteiger partial charge is 0.237 e. The molecule has 1 unspecified atom stereocenters. The van der Waals surface area contributed by atoms with Crippen LogP contribution in [-0.2, 0) is 14.3 Å². The van der Waals surface area contributed by atoms with Gasteiger partial charge in [0.25, 0.3) is 0 Å². The van der Waals surface area contributed by atoms with Crippen LogP contribution in [0.25, 0.3) is 0 Å². The number of carbonyl (C=O) groups is 2. The molecular weight excluding hydrogens is 414 g/mol. The molecule has 1 aliphatic rings. The van der Waals surface area contributed by atoms with Gasteiger partial charge in [-0.1, -0.05) is 22.0 Å². The average Bonchev–Trinajstić information content (AvgIpc) is 3.05. The van der Waals surface area contributed by atoms with E-state index in [0.717, 1.165) is 10.2 Å². The Morgan fingerprint density at radius 1 is 1.33 bits per heavy atom. The van der Waals surface area contributed by atoms with Gasteiger partial charge in [-0.3, -0.25) is 9.59 Å². The Bertz CT molecular complexity index is 830. The van der Waals surface area contributed by atoms with Crippen LogP contribution < -0.4 is 15.0 Å². The van der Waals surface area contributed by atoms with Crippen LogP contribution in [0.15, 0.2) is 47.1 Å². The minimum absolute atomic E-state index is 0.0731. The number of hydrogen-bond acceptors (Lipinski definition) is 5. The molecular formula is C19H20BrN3O4. The molecule has 1 aliphatic heterocycles. The lowest BCUT2D eigenvalue weighted by molar-refractivity contribution is -0.122. The molecule has 1 fully saturated rings. The molecule has 0 radical (unpaired) electrons. The Morgan fingerprint density at radius 2 is 2.19 bits per heavy atom. The maximum absolute atomic E-state index is 12.7. The Hall–Kier alpha value is -2.45. The molecule has 0 saturated carbocycles. The van der Waals surface area contributed by atoms with E-state index in [1.807, 2.05) is 24.3 Å². The molecule has 27 heavy (non-hydrogen) atoms. The van der Waals surface area contributed by atoms with Crippen LogP contribution in [0.4, 0.5) is 11.4 Å². The summed E-state index contributed by atoms with van der Waals surface area (Å²) < 4.78 is 11.4. The van der Waals surface area contributed by atoms with Gasteiger partial charge in [-0.05, 0) is 30.3 Å². The fraction of sp³-hybridized carbons (Fsp3) is 0.316. The minimum Gasteiger partial charge on any atom is -0.474 e. The number of halogens is 1. The van der Waals surface area contributed by atoms with Gasteiger partial charge in [-0.25, -0.2) is 4.98 Å². The molecule has 8 heteroatoms. The van der Waals surface area contributed by atoms with Crippen molar-refractivity contribution in [3.8, 4) is 5.88 Å². The number of amides is 2. The first-order valence-corrected chi connectivity index (χ1v) is 9.31. The summed E-state index contributed by atoms with van der Waals surface area (Å²) in [5.74, 6) is -0.416. The highest BCUT2D eigenvalue weighted by atomic mass is 79.9. The van der Waals surface area contributed by atoms with Crippen molar-refractivity contribution in [2.24, 2.45) is 5.92 Å². The van der Waals surface area contributed by atoms with Gasteiger partial charge in [0.2, 0.25) is 17.7 Å². The lowest BCUT2D eigenvalue weighted by Gasteiger charge is -2.17. The van der Waals surface area contributed by atoms with Crippen molar-refractivity contribution in [3.63, 3.8) is 0 Å². The molecule has 7 nitrogen and oxygen atoms in total. The van der Waals surface area contributed by atoms with E-state index in [1.165, 1.54) is 0 Å². The quantitative estimate of drug-likeness (QED) is 0.678. The summed E-state index contributed by atoms with van der Waals surface area (Å²) in [6.07, 6.45) is 1.75. The minimum atomic E-state index is -0.441. The van der Waals surface area contributed by atoms with Crippen molar-refractivity contribution in [1.82, 2.24) is 4.98 Å². The van der Waals surface area contributed by atoms with Gasteiger partial charge >= 0.3 is 0 Å². The summed E-state index contributed by atoms with van der Waals surface area (Å²) >= 11 is 3.40. The molecule has 1 N–H and O–H groups in total. The second kappa shape index (κ2) is 8.96. The number of anilines is 2. The normalized spacial score (nSPS) is 16.4. The number of nitrogens with one attached hydrogen (secondary N) is 1. The topological polar surface area (TPSA) is 80.8 Å². The van der Waals surface area contributed by atoms with Crippen molar-refractivity contribution in [2.75, 3.05) is 37.1 Å². The lowest BCUT2D eigenvalue weighted by atomic mass is 10.1. The Morgan fingerprint density at radius 3 is 2.96 bits per heavy atom. The van der Waals surface area contributed by atoms with E-state index in [9.17, 15) is 9.59 Å². The second-order valence-electron chi connectivity index (χ2n) is 6.07. The van der Waals surface area contributed by atoms with Crippen molar-refractivity contribution < 1.29 is 19.1 Å². The highest BCUT2D eigenvalue weighted by Gasteiger charge is 2.35. The van der Waals surface area contributed by atoms with Crippen LogP contribution in [0.2, 0.25) is 0 Å². The Labute approximate surface area is 165 Å². The van der Waals surface area contributed by atoms with Gasteiger partial charge in [-0.2, -0.15) is 0 Å². The number of nitrogens with zero attached hydrogens (tertiary/aromatic N) is 2. The van der Waals surface area contributed by atoms with E-state index < -0.39 is 5.92 Å². The monoisotopic (exact) mass is 433 g/mol. The summed E-state index contributed by atoms with van der Waals surface area (Å²) in [6, 6.07) is 10.9. The van der Waals surface area contributed by atoms with Gasteiger partial charge in [-0.15, -0.1) is 0 Å². The molecule has 2 amide bonds. The highest BCUT2D eigenvalue weighted by molar-refractivity contribution is 9.10. The zero-order chi connectivity index (χ0) is 19.2. The van der Waals surface area contributed by atoms with Crippen LogP contribution in [-0.4, -0.2) is 43.7 Å². The van der Waals surface area contributed by atoms with Gasteiger partial charge in [0, 0.05) is 36.4 Å². The molecule has 2 aromatic rings. The number of methoxy groups -OCH3 is 1. The first kappa shape index (κ1) is 19.3. The van der Waals surface area contributed by atoms with Gasteiger partial charge in [0.1, 0.15) is 12.3 Å². The van der Waals surface area contributed by atoms with Gasteiger partial charge in [0.05, 0.1) is 12.5 Å². The lowest BCUT2D eigenvalue weighted by Crippen LogP contribution is -2.28. The van der Waals surface area contributed by atoms with Crippen LogP contribution in [0.1, 0.15) is 6.42 Å². The molecule has 0 bridgehead atoms. The first-order chi connectivity index (χ1) is 13.1. The predicted molar refractivity (Wildman–Crippen MR) is 105 cm³/mol. The number of pyridine rings is 1. The zero-order valence-corrected chi connectivity index (χ0v) is 16.4. The largest absolute Gasteiger partial charge is 0.474 e. The van der Waals surface area contributed by atoms with E-state index >= 15 is 0 Å². The third kappa shape index (κ3) is 4.84. The Balaban J connectivity index is 1.66. The molecule has 142 valence electrons. The molecule has 0 aliphatic carbocycles. The fourth-order valence-corrected chi connectivity index (χ4v) is 3.22. The number of ether oxygens (including phenoxy) is 2. The molecule has 1 atom stereocenters. The van der Waals surface area contributed by atoms with E-state index in [-0.39, 0.29) is 18.2 Å². The predicted octanol–water partition coefficient (Wildman–Crippen LogP) is 2.86. The van der Waals surface area contributed by atoms with Gasteiger partial charge in [0.15, 0.2) is 0 Å². The van der Waals surface area contributed by atoms with E-state index in [1.54, 1.807) is 30.3 Å². The molecule has 2 heterocycles. The highest BCUT2D eigenvalue weighted by Crippen LogP contribution is 2.29. The first-order valence-electron chi connectivity index (χ1n) is 8.52. The zero-order valence-electron chi connectivity index (χ0n) is 14.9. The van der Waals surface area contributed by atoms with E-state index in [4.69, 9.17) is 9.47 Å². The summed E-state index contributed by atoms with van der Waals surface area (Å²) in [7, 11) is 1.58. The standard InChI is InChI=1S/C19H20BrN3O4/c1-26-8-9-27-19-16(6-3-7-21-19)22-18(25)13-10-17(24)23(12-13)15-5-2-4-14(20)11-15/h2-7,11,13H,8-10,12H2,1H3,(H,22,25). The number of carbonyl (C=O) groups excluding carboxylic acids is 2. The van der Waals surface area contributed by atoms with Crippen molar-refractivity contribution in [3.05, 3.63) is 47.1 Å². The average molecular weight is 434 g/mol. The van der Waals surface area contributed by atoms with Crippen molar-refractivity contribution in [2.45, 2.75) is 6.42 Å². The van der Waals surface area contributed by atoms with Crippen LogP contribution in [0.3, 0.4) is 0 Å². The van der Waals surface area contributed by atoms with Crippen molar-refractivity contribution in [1.29, 1.82) is 0 Å². The van der Waals surface area contributed by atoms with Crippen LogP contribution in [0, 0.1) is 5.92 Å². The maximum atomic E-state index is 12.7. The van der Waals surface area contributed by atoms with Crippen LogP contribution >= 0.6 is 15.9 Å². The van der Waals surface area contributed by atoms with E-state index in [0.29, 0.717) is 31.3 Å². The summed E-state index contributed by atoms with van der Waals surface area (Å²) in [6.45, 7) is 1.08. The number of benzene rings is 1. The third-order valence-electron chi connectivity index (χ3n) is 4.17. The van der Waals surface area contributed by atoms with Crippen molar-refractivity contribution >= 4 is 39.1 Å². The van der Waals surface area contributed by atoms with Crippen LogP contribution in [0.5, 0.6) is 5.88 Å². The summed E-state index contributed by atoms with van der Waals surface area (Å²) in [5, 5.41) is 2.83. The molecule has 0 spiro atoms. The number of rotatable bonds is 7. The molecule has 3 rings (SSSR count). The number of hydrogen-bond donors (Lipinski definition) is 1. The Kier molecular flexibility index (Phi) is 6.41. The van der Waals surface area contributed by atoms with Gasteiger partial charge < -0.3 is 19.7 Å². The molecule has 1 aromatic carbocycles. The number of aromatic nitrogens is 1. The molecule has 1 aromatic heterocycles. The second-order valence-corrected chi connectivity index (χ2v) is 6.99. The fourth-order valence-electron chi connectivity index (χ4n) is 2.83. The third-order valence-corrected chi connectivity index (χ3v) is 4.66. The SMILES string of the molecule is COCCOc1ncccc1NC(=O)C1CC(=O)N(c2cccc(Br)c2)C1.